The van der Waals surface area contributed by atoms with Crippen LogP contribution in [0.15, 0.2) is 97.1 Å². The summed E-state index contributed by atoms with van der Waals surface area (Å²) < 4.78 is 4.00. The lowest BCUT2D eigenvalue weighted by atomic mass is 10.0. The zero-order valence-corrected chi connectivity index (χ0v) is 18.0. The normalized spacial score (nSPS) is 11.2. The Morgan fingerprint density at radius 3 is 2.13 bits per heavy atom. The molecule has 31 heavy (non-hydrogen) atoms. The van der Waals surface area contributed by atoms with E-state index in [2.05, 4.69) is 67.6 Å². The van der Waals surface area contributed by atoms with Crippen molar-refractivity contribution in [2.24, 2.45) is 0 Å². The number of nitrogens with zero attached hydrogens (tertiary/aromatic N) is 2. The van der Waals surface area contributed by atoms with E-state index in [0.717, 1.165) is 22.3 Å². The first-order valence-corrected chi connectivity index (χ1v) is 10.7. The number of aromatic nitrogens is 2. The van der Waals surface area contributed by atoms with Crippen LogP contribution in [0.2, 0.25) is 5.02 Å². The molecule has 1 N–H and O–H groups in total. The lowest BCUT2D eigenvalue weighted by Gasteiger charge is -2.09. The van der Waals surface area contributed by atoms with Gasteiger partial charge in [-0.05, 0) is 59.5 Å². The van der Waals surface area contributed by atoms with E-state index in [0.29, 0.717) is 17.2 Å². The van der Waals surface area contributed by atoms with Crippen molar-refractivity contribution in [1.29, 1.82) is 5.41 Å². The van der Waals surface area contributed by atoms with Crippen molar-refractivity contribution >= 4 is 22.6 Å². The van der Waals surface area contributed by atoms with Gasteiger partial charge in [-0.2, -0.15) is 0 Å². The van der Waals surface area contributed by atoms with Gasteiger partial charge < -0.3 is 4.57 Å². The number of nitrogens with one attached hydrogen (secondary N) is 1. The maximum atomic E-state index is 8.97. The van der Waals surface area contributed by atoms with Crippen LogP contribution in [0.25, 0.3) is 27.8 Å². The summed E-state index contributed by atoms with van der Waals surface area (Å²) in [5.74, 6) is 0. The highest BCUT2D eigenvalue weighted by molar-refractivity contribution is 6.31. The molecule has 1 aromatic heterocycles. The largest absolute Gasteiger partial charge is 0.306 e. The predicted octanol–water partition coefficient (Wildman–Crippen LogP) is 6.59. The van der Waals surface area contributed by atoms with E-state index in [-0.39, 0.29) is 0 Å². The van der Waals surface area contributed by atoms with Crippen LogP contribution >= 0.6 is 11.6 Å². The molecule has 0 aliphatic rings. The van der Waals surface area contributed by atoms with Crippen LogP contribution < -0.4 is 5.62 Å². The van der Waals surface area contributed by atoms with Gasteiger partial charge in [0.1, 0.15) is 0 Å². The molecule has 0 aliphatic carbocycles. The Morgan fingerprint density at radius 2 is 1.39 bits per heavy atom. The van der Waals surface area contributed by atoms with Crippen molar-refractivity contribution in [3.05, 3.63) is 119 Å². The van der Waals surface area contributed by atoms with Crippen LogP contribution in [0, 0.1) is 12.3 Å². The van der Waals surface area contributed by atoms with Gasteiger partial charge in [-0.25, -0.2) is 0 Å². The number of fused-ring (bicyclic) bond motifs is 1. The first kappa shape index (κ1) is 19.4. The van der Waals surface area contributed by atoms with Crippen molar-refractivity contribution in [2.45, 2.75) is 13.5 Å². The molecule has 0 amide bonds. The monoisotopic (exact) mass is 423 g/mol. The van der Waals surface area contributed by atoms with E-state index in [1.807, 2.05) is 45.5 Å². The van der Waals surface area contributed by atoms with E-state index in [4.69, 9.17) is 17.0 Å². The van der Waals surface area contributed by atoms with Crippen molar-refractivity contribution < 1.29 is 0 Å². The molecule has 0 bridgehead atoms. The summed E-state index contributed by atoms with van der Waals surface area (Å²) in [4.78, 5) is 0. The molecule has 5 aromatic rings. The Labute approximate surface area is 186 Å². The number of imidazole rings is 1. The Kier molecular flexibility index (Phi) is 4.97. The Morgan fingerprint density at radius 1 is 0.742 bits per heavy atom. The molecule has 4 heteroatoms. The number of hydrogen-bond donors (Lipinski definition) is 1. The van der Waals surface area contributed by atoms with E-state index < -0.39 is 0 Å². The molecule has 3 nitrogen and oxygen atoms in total. The quantitative estimate of drug-likeness (QED) is 0.338. The summed E-state index contributed by atoms with van der Waals surface area (Å²) in [5, 5.41) is 9.68. The standard InChI is InChI=1S/C27H22ClN3/c1-19-8-2-4-10-23(19)20-14-16-22(17-15-20)31-26-13-7-6-12-25(26)30(27(31)29)18-21-9-3-5-11-24(21)28/h2-17,29H,18H2,1H3. The Bertz CT molecular complexity index is 1440. The fourth-order valence-electron chi connectivity index (χ4n) is 4.14. The molecule has 152 valence electrons. The molecule has 0 aliphatic heterocycles. The smallest absolute Gasteiger partial charge is 0.208 e. The molecular formula is C27H22ClN3. The van der Waals surface area contributed by atoms with Gasteiger partial charge in [-0.15, -0.1) is 0 Å². The third-order valence-corrected chi connectivity index (χ3v) is 6.12. The van der Waals surface area contributed by atoms with Gasteiger partial charge in [0.15, 0.2) is 0 Å². The second-order valence-electron chi connectivity index (χ2n) is 7.69. The van der Waals surface area contributed by atoms with E-state index in [1.165, 1.54) is 16.7 Å². The topological polar surface area (TPSA) is 33.7 Å². The molecule has 0 radical (unpaired) electrons. The summed E-state index contributed by atoms with van der Waals surface area (Å²) in [6.07, 6.45) is 0. The molecule has 4 aromatic carbocycles. The van der Waals surface area contributed by atoms with Crippen LogP contribution in [0.5, 0.6) is 0 Å². The molecule has 0 spiro atoms. The minimum atomic E-state index is 0.421. The molecule has 0 atom stereocenters. The number of rotatable bonds is 4. The molecule has 5 rings (SSSR count). The predicted molar refractivity (Wildman–Crippen MR) is 128 cm³/mol. The van der Waals surface area contributed by atoms with Crippen LogP contribution in [-0.2, 0) is 6.54 Å². The third-order valence-electron chi connectivity index (χ3n) is 5.75. The van der Waals surface area contributed by atoms with Gasteiger partial charge in [0.25, 0.3) is 0 Å². The maximum absolute atomic E-state index is 8.97. The lowest BCUT2D eigenvalue weighted by Crippen LogP contribution is -2.24. The molecule has 0 unspecified atom stereocenters. The SMILES string of the molecule is Cc1ccccc1-c1ccc(-n2c(=N)n(Cc3ccccc3Cl)c3ccccc32)cc1. The number of hydrogen-bond acceptors (Lipinski definition) is 1. The Balaban J connectivity index is 1.63. The number of para-hydroxylation sites is 2. The van der Waals surface area contributed by atoms with Gasteiger partial charge in [-0.1, -0.05) is 78.3 Å². The summed E-state index contributed by atoms with van der Waals surface area (Å²) >= 11 is 6.41. The zero-order valence-electron chi connectivity index (χ0n) is 17.2. The average molecular weight is 424 g/mol. The number of aryl methyl sites for hydroxylation is 1. The average Bonchev–Trinajstić information content (AvgIpc) is 3.07. The second kappa shape index (κ2) is 7.93. The van der Waals surface area contributed by atoms with Crippen LogP contribution in [0.4, 0.5) is 0 Å². The molecule has 1 heterocycles. The number of halogens is 1. The molecule has 0 saturated carbocycles. The first-order chi connectivity index (χ1) is 15.1. The maximum Gasteiger partial charge on any atom is 0.208 e. The van der Waals surface area contributed by atoms with Crippen molar-refractivity contribution in [3.8, 4) is 16.8 Å². The summed E-state index contributed by atoms with van der Waals surface area (Å²) in [5.41, 5.74) is 8.06. The van der Waals surface area contributed by atoms with E-state index in [1.54, 1.807) is 0 Å². The molecular weight excluding hydrogens is 402 g/mol. The Hall–Kier alpha value is -3.56. The second-order valence-corrected chi connectivity index (χ2v) is 8.09. The lowest BCUT2D eigenvalue weighted by molar-refractivity contribution is 0.724. The first-order valence-electron chi connectivity index (χ1n) is 10.3. The molecule has 0 saturated heterocycles. The molecule has 0 fully saturated rings. The summed E-state index contributed by atoms with van der Waals surface area (Å²) in [7, 11) is 0. The minimum Gasteiger partial charge on any atom is -0.306 e. The van der Waals surface area contributed by atoms with Gasteiger partial charge in [0.05, 0.1) is 17.6 Å². The van der Waals surface area contributed by atoms with Gasteiger partial charge >= 0.3 is 0 Å². The zero-order chi connectivity index (χ0) is 21.4. The van der Waals surface area contributed by atoms with E-state index in [9.17, 15) is 0 Å². The van der Waals surface area contributed by atoms with Crippen molar-refractivity contribution in [3.63, 3.8) is 0 Å². The van der Waals surface area contributed by atoms with Gasteiger partial charge in [0.2, 0.25) is 5.62 Å². The highest BCUT2D eigenvalue weighted by Gasteiger charge is 2.13. The minimum absolute atomic E-state index is 0.421. The summed E-state index contributed by atoms with van der Waals surface area (Å²) in [6, 6.07) is 32.8. The highest BCUT2D eigenvalue weighted by Crippen LogP contribution is 2.26. The van der Waals surface area contributed by atoms with Gasteiger partial charge in [-0.3, -0.25) is 9.98 Å². The van der Waals surface area contributed by atoms with Crippen LogP contribution in [0.1, 0.15) is 11.1 Å². The third kappa shape index (κ3) is 3.47. The van der Waals surface area contributed by atoms with Crippen LogP contribution in [0.3, 0.4) is 0 Å². The highest BCUT2D eigenvalue weighted by atomic mass is 35.5. The number of benzene rings is 4. The van der Waals surface area contributed by atoms with Crippen molar-refractivity contribution in [2.75, 3.05) is 0 Å². The fraction of sp³-hybridized carbons (Fsp3) is 0.0741. The van der Waals surface area contributed by atoms with Crippen LogP contribution in [-0.4, -0.2) is 9.13 Å². The fourth-order valence-corrected chi connectivity index (χ4v) is 4.33. The van der Waals surface area contributed by atoms with E-state index >= 15 is 0 Å². The van der Waals surface area contributed by atoms with Crippen molar-refractivity contribution in [1.82, 2.24) is 9.13 Å². The van der Waals surface area contributed by atoms with Gasteiger partial charge in [0, 0.05) is 10.7 Å². The summed E-state index contributed by atoms with van der Waals surface area (Å²) in [6.45, 7) is 2.68.